The van der Waals surface area contributed by atoms with Crippen molar-refractivity contribution in [2.45, 2.75) is 64.0 Å². The largest absolute Gasteiger partial charge is 0.481 e. The molecule has 2 amide bonds. The van der Waals surface area contributed by atoms with Gasteiger partial charge >= 0.3 is 12.0 Å². The lowest BCUT2D eigenvalue weighted by atomic mass is 10.1. The molecule has 2 fully saturated rings. The van der Waals surface area contributed by atoms with Gasteiger partial charge in [0.05, 0.1) is 6.42 Å². The SMILES string of the molecule is CCN(C(=O)N1CCCC1CC(=O)O)C1CCCC1. The molecule has 108 valence electrons. The Kier molecular flexibility index (Phi) is 4.66. The van der Waals surface area contributed by atoms with Crippen molar-refractivity contribution in [1.82, 2.24) is 9.80 Å². The second-order valence-corrected chi connectivity index (χ2v) is 5.59. The number of carboxylic acid groups (broad SMARTS) is 1. The number of aliphatic carboxylic acids is 1. The average Bonchev–Trinajstić information content (AvgIpc) is 3.00. The van der Waals surface area contributed by atoms with Crippen molar-refractivity contribution in [2.75, 3.05) is 13.1 Å². The molecule has 0 radical (unpaired) electrons. The van der Waals surface area contributed by atoms with Gasteiger partial charge in [-0.15, -0.1) is 0 Å². The number of carbonyl (C=O) groups is 2. The number of hydrogen-bond acceptors (Lipinski definition) is 2. The molecule has 0 aromatic heterocycles. The summed E-state index contributed by atoms with van der Waals surface area (Å²) in [5.41, 5.74) is 0. The molecular formula is C14H24N2O3. The summed E-state index contributed by atoms with van der Waals surface area (Å²) >= 11 is 0. The molecule has 5 nitrogen and oxygen atoms in total. The van der Waals surface area contributed by atoms with Crippen molar-refractivity contribution in [1.29, 1.82) is 0 Å². The second-order valence-electron chi connectivity index (χ2n) is 5.59. The summed E-state index contributed by atoms with van der Waals surface area (Å²) in [6, 6.07) is 0.308. The average molecular weight is 268 g/mol. The van der Waals surface area contributed by atoms with Gasteiger partial charge in [0.15, 0.2) is 0 Å². The first-order valence-electron chi connectivity index (χ1n) is 7.42. The van der Waals surface area contributed by atoms with Gasteiger partial charge < -0.3 is 14.9 Å². The molecule has 1 aliphatic heterocycles. The van der Waals surface area contributed by atoms with E-state index in [1.807, 2.05) is 11.8 Å². The van der Waals surface area contributed by atoms with Crippen LogP contribution in [-0.4, -0.2) is 52.1 Å². The van der Waals surface area contributed by atoms with Crippen LogP contribution in [0.4, 0.5) is 4.79 Å². The molecule has 2 rings (SSSR count). The Morgan fingerprint density at radius 3 is 2.47 bits per heavy atom. The molecule has 0 aromatic rings. The molecule has 1 unspecified atom stereocenters. The smallest absolute Gasteiger partial charge is 0.320 e. The number of likely N-dealkylation sites (tertiary alicyclic amines) is 1. The van der Waals surface area contributed by atoms with Crippen LogP contribution in [0.1, 0.15) is 51.9 Å². The van der Waals surface area contributed by atoms with Crippen LogP contribution in [0.15, 0.2) is 0 Å². The number of rotatable bonds is 4. The zero-order chi connectivity index (χ0) is 13.8. The normalized spacial score (nSPS) is 23.8. The van der Waals surface area contributed by atoms with Crippen molar-refractivity contribution in [3.63, 3.8) is 0 Å². The molecule has 1 heterocycles. The Hall–Kier alpha value is -1.26. The van der Waals surface area contributed by atoms with E-state index in [9.17, 15) is 9.59 Å². The highest BCUT2D eigenvalue weighted by Crippen LogP contribution is 2.27. The maximum atomic E-state index is 12.6. The Bertz CT molecular complexity index is 340. The van der Waals surface area contributed by atoms with Crippen molar-refractivity contribution in [3.05, 3.63) is 0 Å². The van der Waals surface area contributed by atoms with Crippen LogP contribution in [0.2, 0.25) is 0 Å². The van der Waals surface area contributed by atoms with Gasteiger partial charge in [-0.2, -0.15) is 0 Å². The number of carbonyl (C=O) groups excluding carboxylic acids is 1. The molecule has 19 heavy (non-hydrogen) atoms. The Morgan fingerprint density at radius 2 is 1.89 bits per heavy atom. The first kappa shape index (κ1) is 14.2. The van der Waals surface area contributed by atoms with Crippen molar-refractivity contribution >= 4 is 12.0 Å². The number of hydrogen-bond donors (Lipinski definition) is 1. The molecule has 1 atom stereocenters. The minimum absolute atomic E-state index is 0.0538. The highest BCUT2D eigenvalue weighted by atomic mass is 16.4. The van der Waals surface area contributed by atoms with E-state index in [-0.39, 0.29) is 18.5 Å². The van der Waals surface area contributed by atoms with E-state index in [0.29, 0.717) is 12.6 Å². The fourth-order valence-electron chi connectivity index (χ4n) is 3.43. The third kappa shape index (κ3) is 3.19. The molecular weight excluding hydrogens is 244 g/mol. The van der Waals surface area contributed by atoms with Gasteiger partial charge in [0, 0.05) is 25.2 Å². The van der Waals surface area contributed by atoms with Crippen LogP contribution in [0.25, 0.3) is 0 Å². The summed E-state index contributed by atoms with van der Waals surface area (Å²) in [4.78, 5) is 27.2. The van der Waals surface area contributed by atoms with E-state index in [0.717, 1.165) is 32.2 Å². The zero-order valence-corrected chi connectivity index (χ0v) is 11.7. The highest BCUT2D eigenvalue weighted by Gasteiger charge is 2.35. The maximum absolute atomic E-state index is 12.6. The molecule has 1 aliphatic carbocycles. The number of carboxylic acids is 1. The lowest BCUT2D eigenvalue weighted by molar-refractivity contribution is -0.138. The maximum Gasteiger partial charge on any atom is 0.320 e. The lowest BCUT2D eigenvalue weighted by Crippen LogP contribution is -2.49. The molecule has 0 aromatic carbocycles. The van der Waals surface area contributed by atoms with E-state index in [2.05, 4.69) is 0 Å². The van der Waals surface area contributed by atoms with Gasteiger partial charge in [-0.1, -0.05) is 12.8 Å². The molecule has 5 heteroatoms. The van der Waals surface area contributed by atoms with Gasteiger partial charge in [-0.25, -0.2) is 4.79 Å². The van der Waals surface area contributed by atoms with Crippen LogP contribution in [-0.2, 0) is 4.79 Å². The second kappa shape index (κ2) is 6.26. The number of nitrogens with zero attached hydrogens (tertiary/aromatic N) is 2. The van der Waals surface area contributed by atoms with E-state index < -0.39 is 5.97 Å². The summed E-state index contributed by atoms with van der Waals surface area (Å²) in [7, 11) is 0. The van der Waals surface area contributed by atoms with Crippen molar-refractivity contribution < 1.29 is 14.7 Å². The van der Waals surface area contributed by atoms with Crippen LogP contribution in [0, 0.1) is 0 Å². The molecule has 1 saturated carbocycles. The molecule has 0 spiro atoms. The third-order valence-corrected chi connectivity index (χ3v) is 4.38. The first-order valence-corrected chi connectivity index (χ1v) is 7.42. The fourth-order valence-corrected chi connectivity index (χ4v) is 3.43. The summed E-state index contributed by atoms with van der Waals surface area (Å²) in [6.45, 7) is 3.44. The summed E-state index contributed by atoms with van der Waals surface area (Å²) in [5.74, 6) is -0.811. The van der Waals surface area contributed by atoms with Crippen LogP contribution >= 0.6 is 0 Å². The number of amides is 2. The van der Waals surface area contributed by atoms with Gasteiger partial charge in [0.1, 0.15) is 0 Å². The predicted octanol–water partition coefficient (Wildman–Crippen LogP) is 2.31. The molecule has 1 saturated heterocycles. The fraction of sp³-hybridized carbons (Fsp3) is 0.857. The van der Waals surface area contributed by atoms with Gasteiger partial charge in [-0.3, -0.25) is 4.79 Å². The first-order chi connectivity index (χ1) is 9.13. The van der Waals surface area contributed by atoms with Crippen LogP contribution in [0.3, 0.4) is 0 Å². The lowest BCUT2D eigenvalue weighted by Gasteiger charge is -2.34. The van der Waals surface area contributed by atoms with E-state index >= 15 is 0 Å². The summed E-state index contributed by atoms with van der Waals surface area (Å²) in [5, 5.41) is 8.93. The Morgan fingerprint density at radius 1 is 1.21 bits per heavy atom. The Labute approximate surface area is 114 Å². The van der Waals surface area contributed by atoms with E-state index in [4.69, 9.17) is 5.11 Å². The minimum atomic E-state index is -0.811. The zero-order valence-electron chi connectivity index (χ0n) is 11.7. The minimum Gasteiger partial charge on any atom is -0.481 e. The van der Waals surface area contributed by atoms with Gasteiger partial charge in [0.25, 0.3) is 0 Å². The van der Waals surface area contributed by atoms with Crippen LogP contribution in [0.5, 0.6) is 0 Å². The molecule has 2 aliphatic rings. The highest BCUT2D eigenvalue weighted by molar-refractivity contribution is 5.77. The summed E-state index contributed by atoms with van der Waals surface area (Å²) < 4.78 is 0. The standard InChI is InChI=1S/C14H24N2O3/c1-2-15(11-6-3-4-7-11)14(19)16-9-5-8-12(16)10-13(17)18/h11-12H,2-10H2,1H3,(H,17,18). The summed E-state index contributed by atoms with van der Waals surface area (Å²) in [6.07, 6.45) is 6.41. The van der Waals surface area contributed by atoms with Gasteiger partial charge in [0.2, 0.25) is 0 Å². The van der Waals surface area contributed by atoms with Gasteiger partial charge in [-0.05, 0) is 32.6 Å². The molecule has 0 bridgehead atoms. The monoisotopic (exact) mass is 268 g/mol. The predicted molar refractivity (Wildman–Crippen MR) is 72.0 cm³/mol. The van der Waals surface area contributed by atoms with E-state index in [1.54, 1.807) is 4.90 Å². The van der Waals surface area contributed by atoms with Crippen molar-refractivity contribution in [2.24, 2.45) is 0 Å². The van der Waals surface area contributed by atoms with Crippen molar-refractivity contribution in [3.8, 4) is 0 Å². The van der Waals surface area contributed by atoms with Crippen LogP contribution < -0.4 is 0 Å². The molecule has 1 N–H and O–H groups in total. The quantitative estimate of drug-likeness (QED) is 0.851. The number of urea groups is 1. The third-order valence-electron chi connectivity index (χ3n) is 4.38. The topological polar surface area (TPSA) is 60.9 Å². The van der Waals surface area contributed by atoms with E-state index in [1.165, 1.54) is 12.8 Å². The Balaban J connectivity index is 2.01.